The Bertz CT molecular complexity index is 2530. The number of aryl methyl sites for hydroxylation is 1. The van der Waals surface area contributed by atoms with Crippen LogP contribution in [-0.2, 0) is 28.7 Å². The van der Waals surface area contributed by atoms with Gasteiger partial charge in [0.25, 0.3) is 17.7 Å². The summed E-state index contributed by atoms with van der Waals surface area (Å²) in [4.78, 5) is 80.3. The fourth-order valence-corrected chi connectivity index (χ4v) is 10.1. The number of hydrogen-bond donors (Lipinski definition) is 6. The van der Waals surface area contributed by atoms with Crippen LogP contribution in [0.5, 0.6) is 5.75 Å². The molecule has 17 nitrogen and oxygen atoms in total. The zero-order valence-corrected chi connectivity index (χ0v) is 41.7. The molecule has 71 heavy (non-hydrogen) atoms. The molecule has 5 amide bonds. The minimum absolute atomic E-state index is 0.0410. The molecule has 3 fully saturated rings. The standard InChI is InChI=1S/C49H61F3N8O9S2/c1-28-41(71-27-55-28)30-11-9-29(10-12-30)38(57-43(64)35-23-31(61)24-60(35)45(66)42(48(2,3)4)58-46(67)49(52)15-16-49)39(63)44(65)54-18-8-6-5-7-17-53-36(62)25-69-40-32(13-14-33(50)37(40)51)34-26-70-47(56-34)59-19-21-68-22-20-59/h9-14,26-27,31,35,38-39,42,61,63H,5-8,15-25H2,1-4H3,(H,53,62)(H,54,65)(H,57,64)(H,58,67)/t31-,35?,38-,39+,42-/m1/s1. The Balaban J connectivity index is 0.903. The van der Waals surface area contributed by atoms with E-state index in [2.05, 4.69) is 31.2 Å². The number of nitrogens with zero attached hydrogens (tertiary/aromatic N) is 4. The zero-order valence-electron chi connectivity index (χ0n) is 40.1. The van der Waals surface area contributed by atoms with Gasteiger partial charge in [-0.3, -0.25) is 24.0 Å². The minimum atomic E-state index is -2.05. The molecule has 0 spiro atoms. The number of aliphatic hydroxyl groups is 2. The number of hydrogen-bond acceptors (Lipinski definition) is 14. The quantitative estimate of drug-likeness (QED) is 0.0623. The van der Waals surface area contributed by atoms with Crippen molar-refractivity contribution in [1.29, 1.82) is 0 Å². The largest absolute Gasteiger partial charge is 0.480 e. The van der Waals surface area contributed by atoms with Crippen LogP contribution >= 0.6 is 22.7 Å². The number of nitrogens with one attached hydrogen (secondary N) is 4. The highest BCUT2D eigenvalue weighted by Crippen LogP contribution is 2.41. The van der Waals surface area contributed by atoms with Crippen LogP contribution in [0.4, 0.5) is 18.3 Å². The third-order valence-electron chi connectivity index (χ3n) is 12.7. The molecule has 22 heteroatoms. The van der Waals surface area contributed by atoms with E-state index in [0.29, 0.717) is 68.4 Å². The number of thiazole rings is 2. The average Bonchev–Trinajstić information content (AvgIpc) is 3.65. The predicted molar refractivity (Wildman–Crippen MR) is 260 cm³/mol. The summed E-state index contributed by atoms with van der Waals surface area (Å²) in [5, 5.41) is 35.5. The molecule has 4 heterocycles. The van der Waals surface area contributed by atoms with Crippen LogP contribution in [0.1, 0.15) is 83.0 Å². The van der Waals surface area contributed by atoms with Crippen molar-refractivity contribution in [1.82, 2.24) is 36.1 Å². The molecule has 6 N–H and O–H groups in total. The molecule has 1 unspecified atom stereocenters. The molecule has 0 radical (unpaired) electrons. The van der Waals surface area contributed by atoms with Crippen LogP contribution in [0.3, 0.4) is 0 Å². The van der Waals surface area contributed by atoms with E-state index in [-0.39, 0.29) is 44.5 Å². The molecular formula is C49H61F3N8O9S2. The molecule has 0 bridgehead atoms. The van der Waals surface area contributed by atoms with E-state index in [1.807, 2.05) is 11.8 Å². The summed E-state index contributed by atoms with van der Waals surface area (Å²) in [6, 6.07) is 5.48. The highest BCUT2D eigenvalue weighted by Gasteiger charge is 2.53. The summed E-state index contributed by atoms with van der Waals surface area (Å²) in [6.07, 6.45) is -0.622. The van der Waals surface area contributed by atoms with Gasteiger partial charge in [0.1, 0.15) is 12.1 Å². The van der Waals surface area contributed by atoms with Gasteiger partial charge in [0.05, 0.1) is 47.1 Å². The normalized spacial score (nSPS) is 18.8. The maximum atomic E-state index is 15.0. The molecule has 384 valence electrons. The Hall–Kier alpha value is -5.68. The van der Waals surface area contributed by atoms with E-state index in [9.17, 15) is 47.4 Å². The summed E-state index contributed by atoms with van der Waals surface area (Å²) in [5.41, 5.74) is 1.40. The first kappa shape index (κ1) is 53.1. The van der Waals surface area contributed by atoms with Crippen molar-refractivity contribution in [3.05, 3.63) is 70.2 Å². The number of rotatable bonds is 21. The summed E-state index contributed by atoms with van der Waals surface area (Å²) in [5.74, 6) is -6.41. The number of aliphatic hydroxyl groups excluding tert-OH is 2. The van der Waals surface area contributed by atoms with Gasteiger partial charge in [0.2, 0.25) is 17.6 Å². The first-order chi connectivity index (χ1) is 33.8. The van der Waals surface area contributed by atoms with Crippen LogP contribution in [0, 0.1) is 24.0 Å². The van der Waals surface area contributed by atoms with E-state index in [1.54, 1.807) is 55.9 Å². The van der Waals surface area contributed by atoms with Crippen molar-refractivity contribution in [2.45, 2.75) is 109 Å². The highest BCUT2D eigenvalue weighted by molar-refractivity contribution is 7.14. The molecule has 2 aromatic carbocycles. The molecular weight excluding hydrogens is 966 g/mol. The molecule has 1 aliphatic carbocycles. The second-order valence-corrected chi connectivity index (χ2v) is 20.8. The lowest BCUT2D eigenvalue weighted by Crippen LogP contribution is -2.59. The van der Waals surface area contributed by atoms with Crippen LogP contribution in [-0.4, -0.2) is 137 Å². The number of unbranched alkanes of at least 4 members (excludes halogenated alkanes) is 3. The number of morpholine rings is 1. The topological polar surface area (TPSA) is 225 Å². The van der Waals surface area contributed by atoms with Crippen LogP contribution in [0.2, 0.25) is 0 Å². The van der Waals surface area contributed by atoms with Gasteiger partial charge in [-0.15, -0.1) is 22.7 Å². The smallest absolute Gasteiger partial charge is 0.258 e. The Kier molecular flexibility index (Phi) is 17.4. The molecule has 2 saturated heterocycles. The van der Waals surface area contributed by atoms with E-state index >= 15 is 0 Å². The van der Waals surface area contributed by atoms with Crippen molar-refractivity contribution in [3.8, 4) is 27.4 Å². The van der Waals surface area contributed by atoms with E-state index < -0.39 is 94.9 Å². The lowest BCUT2D eigenvalue weighted by Gasteiger charge is -2.36. The fourth-order valence-electron chi connectivity index (χ4n) is 8.38. The minimum Gasteiger partial charge on any atom is -0.480 e. The van der Waals surface area contributed by atoms with Gasteiger partial charge in [-0.25, -0.2) is 18.7 Å². The van der Waals surface area contributed by atoms with E-state index in [4.69, 9.17) is 9.47 Å². The third kappa shape index (κ3) is 13.2. The van der Waals surface area contributed by atoms with Crippen LogP contribution < -0.4 is 30.9 Å². The number of anilines is 1. The van der Waals surface area contributed by atoms with Gasteiger partial charge in [-0.2, -0.15) is 4.39 Å². The van der Waals surface area contributed by atoms with Gasteiger partial charge in [-0.1, -0.05) is 57.9 Å². The molecule has 4 aromatic rings. The maximum Gasteiger partial charge on any atom is 0.258 e. The average molecular weight is 1030 g/mol. The molecule has 2 aliphatic heterocycles. The second kappa shape index (κ2) is 23.2. The number of benzene rings is 2. The van der Waals surface area contributed by atoms with Crippen molar-refractivity contribution in [2.24, 2.45) is 5.41 Å². The lowest BCUT2D eigenvalue weighted by molar-refractivity contribution is -0.145. The Morgan fingerprint density at radius 2 is 1.65 bits per heavy atom. The number of ether oxygens (including phenoxy) is 2. The van der Waals surface area contributed by atoms with Gasteiger partial charge in [0.15, 0.2) is 35.1 Å². The first-order valence-corrected chi connectivity index (χ1v) is 25.5. The van der Waals surface area contributed by atoms with Crippen molar-refractivity contribution >= 4 is 57.3 Å². The zero-order chi connectivity index (χ0) is 51.0. The molecule has 5 atom stereocenters. The fraction of sp³-hybridized carbons (Fsp3) is 0.531. The van der Waals surface area contributed by atoms with E-state index in [0.717, 1.165) is 27.1 Å². The number of likely N-dealkylation sites (tertiary alicyclic amines) is 1. The highest BCUT2D eigenvalue weighted by atomic mass is 32.1. The number of carbonyl (C=O) groups is 5. The predicted octanol–water partition coefficient (Wildman–Crippen LogP) is 4.74. The Morgan fingerprint density at radius 3 is 2.30 bits per heavy atom. The van der Waals surface area contributed by atoms with Gasteiger partial charge in [-0.05, 0) is 61.3 Å². The first-order valence-electron chi connectivity index (χ1n) is 23.8. The van der Waals surface area contributed by atoms with E-state index in [1.165, 1.54) is 28.7 Å². The summed E-state index contributed by atoms with van der Waals surface area (Å²) < 4.78 is 54.9. The second-order valence-electron chi connectivity index (χ2n) is 19.2. The summed E-state index contributed by atoms with van der Waals surface area (Å²) in [7, 11) is 0. The Morgan fingerprint density at radius 1 is 0.958 bits per heavy atom. The Labute approximate surface area is 417 Å². The van der Waals surface area contributed by atoms with Gasteiger partial charge < -0.3 is 50.8 Å². The van der Waals surface area contributed by atoms with Crippen LogP contribution in [0.15, 0.2) is 47.3 Å². The third-order valence-corrected chi connectivity index (χ3v) is 14.6. The molecule has 3 aliphatic rings. The monoisotopic (exact) mass is 1030 g/mol. The number of β-amino-alcohol motifs (C(OH)–C–C–N with tert-alkyl or cyclic N) is 1. The molecule has 2 aromatic heterocycles. The van der Waals surface area contributed by atoms with Gasteiger partial charge >= 0.3 is 0 Å². The SMILES string of the molecule is Cc1ncsc1-c1ccc([C@@H](NC(=O)C2C[C@@H](O)CN2C(=O)[C@@H](NC(=O)C2(F)CC2)C(C)(C)C)[C@H](O)C(=O)NCCCCCCNC(=O)COc2c(-c3csc(N4CCOCC4)n3)ccc(F)c2F)cc1. The lowest BCUT2D eigenvalue weighted by atomic mass is 9.85. The van der Waals surface area contributed by atoms with Crippen molar-refractivity contribution in [3.63, 3.8) is 0 Å². The number of aromatic nitrogens is 2. The maximum absolute atomic E-state index is 15.0. The number of alkyl halides is 1. The van der Waals surface area contributed by atoms with Crippen LogP contribution in [0.25, 0.3) is 21.7 Å². The van der Waals surface area contributed by atoms with Crippen molar-refractivity contribution in [2.75, 3.05) is 57.4 Å². The number of carbonyl (C=O) groups excluding carboxylic acids is 5. The van der Waals surface area contributed by atoms with Gasteiger partial charge in [0, 0.05) is 50.1 Å². The number of halogens is 3. The summed E-state index contributed by atoms with van der Waals surface area (Å²) >= 11 is 2.80. The molecule has 7 rings (SSSR count). The van der Waals surface area contributed by atoms with Crippen molar-refractivity contribution < 1.29 is 56.8 Å². The summed E-state index contributed by atoms with van der Waals surface area (Å²) in [6.45, 7) is 9.03. The molecule has 1 saturated carbocycles. The number of amides is 5.